The van der Waals surface area contributed by atoms with Crippen LogP contribution in [-0.4, -0.2) is 39.0 Å². The van der Waals surface area contributed by atoms with E-state index in [9.17, 15) is 4.39 Å². The number of ether oxygens (including phenoxy) is 1. The Morgan fingerprint density at radius 1 is 1.02 bits per heavy atom. The van der Waals surface area contributed by atoms with Crippen molar-refractivity contribution in [2.45, 2.75) is 32.0 Å². The Bertz CT molecular complexity index is 1630. The molecule has 9 heteroatoms. The summed E-state index contributed by atoms with van der Waals surface area (Å²) < 4.78 is 19.3. The number of halogens is 2. The van der Waals surface area contributed by atoms with E-state index >= 15 is 0 Å². The lowest BCUT2D eigenvalue weighted by Crippen LogP contribution is -2.39. The van der Waals surface area contributed by atoms with Crippen molar-refractivity contribution in [2.24, 2.45) is 5.73 Å². The Balaban J connectivity index is 1.18. The Kier molecular flexibility index (Phi) is 7.64. The lowest BCUT2D eigenvalue weighted by molar-refractivity contribution is 0.204. The molecule has 0 spiro atoms. The van der Waals surface area contributed by atoms with E-state index in [1.807, 2.05) is 18.3 Å². The van der Waals surface area contributed by atoms with Gasteiger partial charge in [-0.3, -0.25) is 4.90 Å². The van der Waals surface area contributed by atoms with Crippen molar-refractivity contribution >= 4 is 34.0 Å². The molecule has 1 aliphatic rings. The van der Waals surface area contributed by atoms with E-state index in [0.29, 0.717) is 22.6 Å². The highest BCUT2D eigenvalue weighted by molar-refractivity contribution is 6.32. The molecular weight excluding hydrogens is 527 g/mol. The van der Waals surface area contributed by atoms with Crippen LogP contribution in [-0.2, 0) is 13.2 Å². The third-order valence-electron chi connectivity index (χ3n) is 7.22. The molecule has 0 radical (unpaired) electrons. The van der Waals surface area contributed by atoms with Crippen LogP contribution in [0.4, 0.5) is 15.9 Å². The first-order valence-electron chi connectivity index (χ1n) is 13.3. The second kappa shape index (κ2) is 11.6. The number of nitrogens with one attached hydrogen (secondary N) is 2. The molecule has 2 aromatic heterocycles. The number of aromatic nitrogens is 3. The van der Waals surface area contributed by atoms with Gasteiger partial charge in [0.15, 0.2) is 0 Å². The molecule has 0 amide bonds. The maximum Gasteiger partial charge on any atom is 0.141 e. The lowest BCUT2D eigenvalue weighted by atomic mass is 10.0. The number of H-pyrrole nitrogens is 1. The van der Waals surface area contributed by atoms with Crippen LogP contribution < -0.4 is 15.8 Å². The largest absolute Gasteiger partial charge is 0.487 e. The number of likely N-dealkylation sites (tertiary alicyclic amines) is 1. The third kappa shape index (κ3) is 6.09. The number of nitrogens with zero attached hydrogens (tertiary/aromatic N) is 3. The van der Waals surface area contributed by atoms with Crippen LogP contribution in [0.2, 0.25) is 5.02 Å². The van der Waals surface area contributed by atoms with Gasteiger partial charge in [0.2, 0.25) is 0 Å². The number of aromatic amines is 1. The summed E-state index contributed by atoms with van der Waals surface area (Å²) in [6.07, 6.45) is 5.68. The Morgan fingerprint density at radius 2 is 1.90 bits per heavy atom. The molecule has 0 atom stereocenters. The minimum absolute atomic E-state index is 0.219. The normalized spacial score (nSPS) is 14.5. The number of anilines is 2. The first-order chi connectivity index (χ1) is 19.5. The maximum absolute atomic E-state index is 13.5. The fourth-order valence-electron chi connectivity index (χ4n) is 5.01. The summed E-state index contributed by atoms with van der Waals surface area (Å²) in [5.74, 6) is 0.894. The zero-order valence-corrected chi connectivity index (χ0v) is 22.7. The fraction of sp³-hybridized carbons (Fsp3) is 0.226. The highest BCUT2D eigenvalue weighted by Crippen LogP contribution is 2.32. The highest BCUT2D eigenvalue weighted by Gasteiger charge is 2.17. The Labute approximate surface area is 237 Å². The Hall–Kier alpha value is -3.98. The number of benzene rings is 3. The first kappa shape index (κ1) is 26.3. The topological polar surface area (TPSA) is 92.1 Å². The van der Waals surface area contributed by atoms with E-state index in [1.165, 1.54) is 17.8 Å². The molecule has 0 saturated carbocycles. The van der Waals surface area contributed by atoms with Crippen LogP contribution in [0.25, 0.3) is 22.0 Å². The van der Waals surface area contributed by atoms with Gasteiger partial charge in [-0.15, -0.1) is 0 Å². The summed E-state index contributed by atoms with van der Waals surface area (Å²) in [6.45, 7) is 3.17. The van der Waals surface area contributed by atoms with E-state index in [-0.39, 0.29) is 12.4 Å². The van der Waals surface area contributed by atoms with Gasteiger partial charge >= 0.3 is 0 Å². The van der Waals surface area contributed by atoms with Gasteiger partial charge in [-0.05, 0) is 78.1 Å². The van der Waals surface area contributed by atoms with E-state index in [4.69, 9.17) is 22.1 Å². The zero-order chi connectivity index (χ0) is 27.5. The quantitative estimate of drug-likeness (QED) is 0.198. The zero-order valence-electron chi connectivity index (χ0n) is 21.9. The van der Waals surface area contributed by atoms with Crippen molar-refractivity contribution in [1.29, 1.82) is 0 Å². The van der Waals surface area contributed by atoms with E-state index in [2.05, 4.69) is 43.4 Å². The van der Waals surface area contributed by atoms with Gasteiger partial charge in [0.1, 0.15) is 30.3 Å². The first-order valence-corrected chi connectivity index (χ1v) is 13.7. The molecule has 6 rings (SSSR count). The van der Waals surface area contributed by atoms with Gasteiger partial charge in [-0.2, -0.15) is 0 Å². The Morgan fingerprint density at radius 3 is 2.73 bits per heavy atom. The lowest BCUT2D eigenvalue weighted by Gasteiger charge is -2.29. The molecule has 1 fully saturated rings. The molecule has 0 aliphatic carbocycles. The molecule has 1 saturated heterocycles. The van der Waals surface area contributed by atoms with E-state index < -0.39 is 0 Å². The molecule has 3 aromatic carbocycles. The SMILES string of the molecule is NC1CCN(Cc2cc(-c3ccc4ncnc(Nc5ccc(OCc6cccc(F)c6)c(Cl)c5)c4c3)c[nH]2)CC1. The van der Waals surface area contributed by atoms with Crippen molar-refractivity contribution in [3.05, 3.63) is 101 Å². The van der Waals surface area contributed by atoms with E-state index in [0.717, 1.165) is 65.8 Å². The summed E-state index contributed by atoms with van der Waals surface area (Å²) in [5.41, 5.74) is 11.8. The number of hydrogen-bond acceptors (Lipinski definition) is 6. The van der Waals surface area contributed by atoms with E-state index in [1.54, 1.807) is 30.6 Å². The second-order valence-corrected chi connectivity index (χ2v) is 10.6. The minimum atomic E-state index is -0.299. The van der Waals surface area contributed by atoms with Gasteiger partial charge in [-0.25, -0.2) is 14.4 Å². The number of nitrogens with two attached hydrogens (primary N) is 1. The third-order valence-corrected chi connectivity index (χ3v) is 7.51. The van der Waals surface area contributed by atoms with Crippen molar-refractivity contribution in [3.63, 3.8) is 0 Å². The molecule has 3 heterocycles. The summed E-state index contributed by atoms with van der Waals surface area (Å²) in [7, 11) is 0. The molecule has 4 N–H and O–H groups in total. The van der Waals surface area contributed by atoms with Crippen LogP contribution in [0.3, 0.4) is 0 Å². The molecular formula is C31H30ClFN6O. The molecule has 40 heavy (non-hydrogen) atoms. The van der Waals surface area contributed by atoms with Crippen molar-refractivity contribution in [2.75, 3.05) is 18.4 Å². The average Bonchev–Trinajstić information content (AvgIpc) is 3.42. The van der Waals surface area contributed by atoms with Crippen LogP contribution in [0, 0.1) is 5.82 Å². The molecule has 204 valence electrons. The van der Waals surface area contributed by atoms with Crippen molar-refractivity contribution in [1.82, 2.24) is 19.9 Å². The predicted molar refractivity (Wildman–Crippen MR) is 157 cm³/mol. The summed E-state index contributed by atoms with van der Waals surface area (Å²) in [5, 5.41) is 4.71. The van der Waals surface area contributed by atoms with Crippen LogP contribution in [0.15, 0.2) is 79.3 Å². The second-order valence-electron chi connectivity index (χ2n) is 10.2. The standard InChI is InChI=1S/C31H30ClFN6O/c32-28-15-25(5-7-30(28)40-18-20-2-1-3-23(33)12-20)38-31-27-14-21(4-6-29(27)36-19-37-31)22-13-26(35-16-22)17-39-10-8-24(34)9-11-39/h1-7,12-16,19,24,35H,8-11,17-18,34H2,(H,36,37,38). The molecule has 5 aromatic rings. The monoisotopic (exact) mass is 556 g/mol. The average molecular weight is 557 g/mol. The van der Waals surface area contributed by atoms with Gasteiger partial charge in [-0.1, -0.05) is 29.8 Å². The van der Waals surface area contributed by atoms with Crippen LogP contribution >= 0.6 is 11.6 Å². The predicted octanol–water partition coefficient (Wildman–Crippen LogP) is 6.66. The van der Waals surface area contributed by atoms with Crippen LogP contribution in [0.1, 0.15) is 24.1 Å². The smallest absolute Gasteiger partial charge is 0.141 e. The number of piperidine rings is 1. The molecule has 0 unspecified atom stereocenters. The summed E-state index contributed by atoms with van der Waals surface area (Å²) in [6, 6.07) is 20.5. The maximum atomic E-state index is 13.5. The van der Waals surface area contributed by atoms with Crippen LogP contribution in [0.5, 0.6) is 5.75 Å². The summed E-state index contributed by atoms with van der Waals surface area (Å²) >= 11 is 6.51. The van der Waals surface area contributed by atoms with Gasteiger partial charge in [0.25, 0.3) is 0 Å². The minimum Gasteiger partial charge on any atom is -0.487 e. The van der Waals surface area contributed by atoms with Crippen molar-refractivity contribution in [3.8, 4) is 16.9 Å². The molecule has 1 aliphatic heterocycles. The van der Waals surface area contributed by atoms with Crippen molar-refractivity contribution < 1.29 is 9.13 Å². The summed E-state index contributed by atoms with van der Waals surface area (Å²) in [4.78, 5) is 14.8. The number of hydrogen-bond donors (Lipinski definition) is 3. The van der Waals surface area contributed by atoms with Gasteiger partial charge in [0, 0.05) is 48.6 Å². The fourth-order valence-corrected chi connectivity index (χ4v) is 5.24. The number of fused-ring (bicyclic) bond motifs is 1. The van der Waals surface area contributed by atoms with Gasteiger partial charge in [0.05, 0.1) is 10.5 Å². The van der Waals surface area contributed by atoms with Gasteiger partial charge < -0.3 is 20.8 Å². The molecule has 7 nitrogen and oxygen atoms in total. The highest BCUT2D eigenvalue weighted by atomic mass is 35.5. The molecule has 0 bridgehead atoms. The number of rotatable bonds is 8.